The molecule has 0 saturated carbocycles. The van der Waals surface area contributed by atoms with Crippen LogP contribution in [0.25, 0.3) is 10.7 Å². The number of rotatable bonds is 1. The smallest absolute Gasteiger partial charge is 0.144 e. The van der Waals surface area contributed by atoms with Gasteiger partial charge in [0.2, 0.25) is 0 Å². The van der Waals surface area contributed by atoms with E-state index in [1.807, 2.05) is 19.1 Å². The summed E-state index contributed by atoms with van der Waals surface area (Å²) in [6.45, 7) is 1.95. The van der Waals surface area contributed by atoms with Gasteiger partial charge < -0.3 is 5.73 Å². The molecule has 3 nitrogen and oxygen atoms in total. The molecule has 0 aliphatic rings. The van der Waals surface area contributed by atoms with Gasteiger partial charge in [0, 0.05) is 15.5 Å². The summed E-state index contributed by atoms with van der Waals surface area (Å²) in [5.74, 6) is 0.592. The van der Waals surface area contributed by atoms with E-state index in [4.69, 9.17) is 5.73 Å². The Bertz CT molecular complexity index is 430. The van der Waals surface area contributed by atoms with Crippen molar-refractivity contribution < 1.29 is 0 Å². The van der Waals surface area contributed by atoms with Crippen molar-refractivity contribution in [3.63, 3.8) is 0 Å². The molecular weight excluding hydrogens is 262 g/mol. The van der Waals surface area contributed by atoms with Crippen molar-refractivity contribution in [3.8, 4) is 10.7 Å². The van der Waals surface area contributed by atoms with Gasteiger partial charge in [-0.05, 0) is 35.0 Å². The summed E-state index contributed by atoms with van der Waals surface area (Å²) in [6, 6.07) is 3.86. The molecule has 14 heavy (non-hydrogen) atoms. The highest BCUT2D eigenvalue weighted by atomic mass is 79.9. The quantitative estimate of drug-likeness (QED) is 0.866. The first kappa shape index (κ1) is 9.61. The van der Waals surface area contributed by atoms with Crippen LogP contribution in [-0.2, 0) is 0 Å². The first-order valence-electron chi connectivity index (χ1n) is 4.01. The van der Waals surface area contributed by atoms with Gasteiger partial charge >= 0.3 is 0 Å². The van der Waals surface area contributed by atoms with E-state index in [0.717, 1.165) is 20.1 Å². The van der Waals surface area contributed by atoms with Crippen LogP contribution < -0.4 is 5.73 Å². The van der Waals surface area contributed by atoms with Crippen LogP contribution >= 0.6 is 27.3 Å². The van der Waals surface area contributed by atoms with Crippen molar-refractivity contribution in [2.24, 2.45) is 0 Å². The fourth-order valence-corrected chi connectivity index (χ4v) is 2.06. The highest BCUT2D eigenvalue weighted by Crippen LogP contribution is 2.27. The molecule has 0 atom stereocenters. The molecular formula is C9H8BrN3S. The molecule has 0 amide bonds. The maximum atomic E-state index is 5.67. The lowest BCUT2D eigenvalue weighted by molar-refractivity contribution is 1.28. The van der Waals surface area contributed by atoms with E-state index in [-0.39, 0.29) is 0 Å². The van der Waals surface area contributed by atoms with Crippen LogP contribution in [0.3, 0.4) is 0 Å². The summed E-state index contributed by atoms with van der Waals surface area (Å²) in [7, 11) is 0. The van der Waals surface area contributed by atoms with E-state index < -0.39 is 0 Å². The molecule has 2 rings (SSSR count). The molecule has 0 radical (unpaired) electrons. The van der Waals surface area contributed by atoms with Crippen LogP contribution in [-0.4, -0.2) is 9.97 Å². The number of aromatic nitrogens is 2. The number of thiazole rings is 1. The van der Waals surface area contributed by atoms with E-state index in [0.29, 0.717) is 5.82 Å². The molecule has 0 bridgehead atoms. The first-order valence-corrected chi connectivity index (χ1v) is 5.62. The predicted octanol–water partition coefficient (Wildman–Crippen LogP) is 2.86. The van der Waals surface area contributed by atoms with Crippen molar-refractivity contribution in [1.29, 1.82) is 0 Å². The van der Waals surface area contributed by atoms with Crippen LogP contribution in [0, 0.1) is 6.92 Å². The summed E-state index contributed by atoms with van der Waals surface area (Å²) >= 11 is 4.89. The number of nitrogen functional groups attached to an aromatic ring is 1. The van der Waals surface area contributed by atoms with Crippen LogP contribution in [0.15, 0.2) is 22.8 Å². The molecule has 0 spiro atoms. The molecule has 2 aromatic rings. The van der Waals surface area contributed by atoms with Crippen molar-refractivity contribution in [2.45, 2.75) is 6.92 Å². The number of halogens is 1. The molecule has 2 N–H and O–H groups in total. The molecule has 0 aliphatic carbocycles. The van der Waals surface area contributed by atoms with Gasteiger partial charge in [0.25, 0.3) is 0 Å². The Morgan fingerprint density at radius 2 is 2.21 bits per heavy atom. The minimum absolute atomic E-state index is 0.592. The second kappa shape index (κ2) is 3.67. The molecule has 5 heteroatoms. The third kappa shape index (κ3) is 1.78. The van der Waals surface area contributed by atoms with Gasteiger partial charge in [0.15, 0.2) is 0 Å². The Kier molecular flexibility index (Phi) is 2.52. The molecule has 2 aromatic heterocycles. The lowest BCUT2D eigenvalue weighted by Crippen LogP contribution is -1.86. The molecule has 2 heterocycles. The third-order valence-corrected chi connectivity index (χ3v) is 3.26. The molecule has 0 aliphatic heterocycles. The summed E-state index contributed by atoms with van der Waals surface area (Å²) in [5.41, 5.74) is 6.53. The lowest BCUT2D eigenvalue weighted by atomic mass is 10.4. The maximum Gasteiger partial charge on any atom is 0.144 e. The third-order valence-electron chi connectivity index (χ3n) is 1.78. The standard InChI is InChI=1S/C9H8BrN3S/c1-5-8(11)13-9(14-5)7-3-2-6(10)4-12-7/h2-4H,11H2,1H3. The van der Waals surface area contributed by atoms with Gasteiger partial charge in [-0.3, -0.25) is 4.98 Å². The minimum atomic E-state index is 0.592. The number of aryl methyl sites for hydroxylation is 1. The summed E-state index contributed by atoms with van der Waals surface area (Å²) in [4.78, 5) is 9.51. The Hall–Kier alpha value is -0.940. The van der Waals surface area contributed by atoms with Gasteiger partial charge in [0.05, 0.1) is 5.69 Å². The molecule has 0 saturated heterocycles. The van der Waals surface area contributed by atoms with Crippen molar-refractivity contribution in [3.05, 3.63) is 27.7 Å². The van der Waals surface area contributed by atoms with Gasteiger partial charge in [-0.1, -0.05) is 0 Å². The van der Waals surface area contributed by atoms with Crippen molar-refractivity contribution in [2.75, 3.05) is 5.73 Å². The Morgan fingerprint density at radius 1 is 1.43 bits per heavy atom. The lowest BCUT2D eigenvalue weighted by Gasteiger charge is -1.93. The largest absolute Gasteiger partial charge is 0.383 e. The fraction of sp³-hybridized carbons (Fsp3) is 0.111. The monoisotopic (exact) mass is 269 g/mol. The van der Waals surface area contributed by atoms with E-state index in [9.17, 15) is 0 Å². The number of hydrogen-bond acceptors (Lipinski definition) is 4. The second-order valence-corrected chi connectivity index (χ2v) is 4.94. The molecule has 0 fully saturated rings. The highest BCUT2D eigenvalue weighted by Gasteiger charge is 2.07. The maximum absolute atomic E-state index is 5.67. The minimum Gasteiger partial charge on any atom is -0.383 e. The van der Waals surface area contributed by atoms with Gasteiger partial charge in [-0.2, -0.15) is 0 Å². The van der Waals surface area contributed by atoms with Crippen LogP contribution in [0.2, 0.25) is 0 Å². The molecule has 0 unspecified atom stereocenters. The summed E-state index contributed by atoms with van der Waals surface area (Å²) < 4.78 is 0.961. The van der Waals surface area contributed by atoms with Crippen LogP contribution in [0.1, 0.15) is 4.88 Å². The number of anilines is 1. The molecule has 72 valence electrons. The zero-order valence-corrected chi connectivity index (χ0v) is 9.89. The number of hydrogen-bond donors (Lipinski definition) is 1. The van der Waals surface area contributed by atoms with E-state index in [2.05, 4.69) is 25.9 Å². The number of nitrogens with two attached hydrogens (primary N) is 1. The van der Waals surface area contributed by atoms with Crippen LogP contribution in [0.4, 0.5) is 5.82 Å². The van der Waals surface area contributed by atoms with E-state index in [1.54, 1.807) is 17.5 Å². The first-order chi connectivity index (χ1) is 6.66. The van der Waals surface area contributed by atoms with Gasteiger partial charge in [0.1, 0.15) is 10.8 Å². The van der Waals surface area contributed by atoms with Gasteiger partial charge in [-0.25, -0.2) is 4.98 Å². The topological polar surface area (TPSA) is 51.8 Å². The van der Waals surface area contributed by atoms with Crippen molar-refractivity contribution >= 4 is 33.1 Å². The zero-order chi connectivity index (χ0) is 10.1. The molecule has 0 aromatic carbocycles. The average molecular weight is 270 g/mol. The number of nitrogens with zero attached hydrogens (tertiary/aromatic N) is 2. The van der Waals surface area contributed by atoms with Crippen molar-refractivity contribution in [1.82, 2.24) is 9.97 Å². The highest BCUT2D eigenvalue weighted by molar-refractivity contribution is 9.10. The normalized spacial score (nSPS) is 10.4. The van der Waals surface area contributed by atoms with E-state index >= 15 is 0 Å². The SMILES string of the molecule is Cc1sc(-c2ccc(Br)cn2)nc1N. The Morgan fingerprint density at radius 3 is 2.71 bits per heavy atom. The van der Waals surface area contributed by atoms with Gasteiger partial charge in [-0.15, -0.1) is 11.3 Å². The number of pyridine rings is 1. The second-order valence-electron chi connectivity index (χ2n) is 2.82. The fourth-order valence-electron chi connectivity index (χ4n) is 1.02. The Balaban J connectivity index is 2.44. The Labute approximate surface area is 94.1 Å². The predicted molar refractivity (Wildman–Crippen MR) is 62.2 cm³/mol. The van der Waals surface area contributed by atoms with E-state index in [1.165, 1.54) is 0 Å². The van der Waals surface area contributed by atoms with Crippen LogP contribution in [0.5, 0.6) is 0 Å². The average Bonchev–Trinajstić information content (AvgIpc) is 2.48. The summed E-state index contributed by atoms with van der Waals surface area (Å²) in [5, 5.41) is 0.868. The zero-order valence-electron chi connectivity index (χ0n) is 7.49. The summed E-state index contributed by atoms with van der Waals surface area (Å²) in [6.07, 6.45) is 1.75.